The van der Waals surface area contributed by atoms with Gasteiger partial charge in [-0.15, -0.1) is 11.3 Å². The molecule has 16 heavy (non-hydrogen) atoms. The molecule has 0 amide bonds. The molecule has 2 rings (SSSR count). The largest absolute Gasteiger partial charge is 0.310 e. The van der Waals surface area contributed by atoms with Crippen molar-refractivity contribution in [1.82, 2.24) is 5.32 Å². The summed E-state index contributed by atoms with van der Waals surface area (Å²) in [5, 5.41) is 5.75. The first-order valence-corrected chi connectivity index (χ1v) is 7.13. The van der Waals surface area contributed by atoms with Crippen LogP contribution >= 0.6 is 11.3 Å². The maximum Gasteiger partial charge on any atom is 0.0296 e. The van der Waals surface area contributed by atoms with Gasteiger partial charge in [0.25, 0.3) is 0 Å². The fourth-order valence-electron chi connectivity index (χ4n) is 2.31. The average Bonchev–Trinajstić information content (AvgIpc) is 2.72. The zero-order valence-corrected chi connectivity index (χ0v) is 11.0. The first kappa shape index (κ1) is 11.9. The van der Waals surface area contributed by atoms with Crippen molar-refractivity contribution in [2.75, 3.05) is 6.54 Å². The molecule has 1 saturated heterocycles. The molecule has 0 aliphatic carbocycles. The Morgan fingerprint density at radius 1 is 1.56 bits per heavy atom. The highest BCUT2D eigenvalue weighted by atomic mass is 32.1. The van der Waals surface area contributed by atoms with E-state index in [1.807, 2.05) is 11.3 Å². The van der Waals surface area contributed by atoms with Gasteiger partial charge in [-0.1, -0.05) is 19.4 Å². The summed E-state index contributed by atoms with van der Waals surface area (Å²) in [6.07, 6.45) is 8.61. The number of piperidine rings is 1. The van der Waals surface area contributed by atoms with E-state index >= 15 is 0 Å². The van der Waals surface area contributed by atoms with Crippen LogP contribution in [0.5, 0.6) is 0 Å². The molecule has 0 radical (unpaired) electrons. The summed E-state index contributed by atoms with van der Waals surface area (Å²) in [5.41, 5.74) is 1.39. The van der Waals surface area contributed by atoms with Gasteiger partial charge in [-0.2, -0.15) is 0 Å². The van der Waals surface area contributed by atoms with E-state index in [0.29, 0.717) is 6.04 Å². The summed E-state index contributed by atoms with van der Waals surface area (Å²) in [7, 11) is 0. The molecule has 0 spiro atoms. The van der Waals surface area contributed by atoms with E-state index in [-0.39, 0.29) is 0 Å². The van der Waals surface area contributed by atoms with Gasteiger partial charge in [0.1, 0.15) is 0 Å². The normalized spacial score (nSPS) is 26.4. The Labute approximate surface area is 103 Å². The third kappa shape index (κ3) is 2.96. The number of aryl methyl sites for hydroxylation is 1. The predicted molar refractivity (Wildman–Crippen MR) is 72.9 cm³/mol. The first-order chi connectivity index (χ1) is 7.79. The third-order valence-corrected chi connectivity index (χ3v) is 4.49. The number of hydrogen-bond donors (Lipinski definition) is 1. The fraction of sp³-hybridized carbons (Fsp3) is 0.571. The van der Waals surface area contributed by atoms with Crippen LogP contribution in [0.15, 0.2) is 17.5 Å². The second kappa shape index (κ2) is 5.65. The molecule has 1 fully saturated rings. The summed E-state index contributed by atoms with van der Waals surface area (Å²) in [5.74, 6) is 0.917. The Balaban J connectivity index is 1.94. The monoisotopic (exact) mass is 235 g/mol. The topological polar surface area (TPSA) is 12.0 Å². The molecule has 0 aromatic carbocycles. The zero-order chi connectivity index (χ0) is 11.4. The molecular formula is C14H21NS. The van der Waals surface area contributed by atoms with Crippen molar-refractivity contribution in [1.29, 1.82) is 0 Å². The summed E-state index contributed by atoms with van der Waals surface area (Å²) < 4.78 is 0. The minimum absolute atomic E-state index is 0.584. The lowest BCUT2D eigenvalue weighted by Crippen LogP contribution is -2.36. The van der Waals surface area contributed by atoms with Crippen molar-refractivity contribution in [2.45, 2.75) is 39.2 Å². The van der Waals surface area contributed by atoms with Gasteiger partial charge >= 0.3 is 0 Å². The Morgan fingerprint density at radius 2 is 2.44 bits per heavy atom. The van der Waals surface area contributed by atoms with Gasteiger partial charge < -0.3 is 5.32 Å². The molecule has 88 valence electrons. The maximum atomic E-state index is 3.58. The van der Waals surface area contributed by atoms with Crippen molar-refractivity contribution < 1.29 is 0 Å². The first-order valence-electron chi connectivity index (χ1n) is 6.25. The van der Waals surface area contributed by atoms with Crippen molar-refractivity contribution in [3.05, 3.63) is 28.0 Å². The number of thiophene rings is 1. The van der Waals surface area contributed by atoms with Gasteiger partial charge in [0.05, 0.1) is 0 Å². The molecule has 1 aliphatic heterocycles. The van der Waals surface area contributed by atoms with Crippen molar-refractivity contribution in [3.8, 4) is 0 Å². The van der Waals surface area contributed by atoms with E-state index in [9.17, 15) is 0 Å². The number of nitrogens with one attached hydrogen (secondary N) is 1. The lowest BCUT2D eigenvalue weighted by Gasteiger charge is -2.27. The number of rotatable bonds is 3. The van der Waals surface area contributed by atoms with Crippen LogP contribution in [0.25, 0.3) is 6.08 Å². The van der Waals surface area contributed by atoms with Gasteiger partial charge in [0, 0.05) is 10.9 Å². The van der Waals surface area contributed by atoms with Gasteiger partial charge in [-0.3, -0.25) is 0 Å². The molecule has 1 aliphatic rings. The molecule has 2 atom stereocenters. The van der Waals surface area contributed by atoms with Crippen LogP contribution in [0.2, 0.25) is 0 Å². The van der Waals surface area contributed by atoms with Crippen molar-refractivity contribution in [3.63, 3.8) is 0 Å². The van der Waals surface area contributed by atoms with E-state index in [2.05, 4.69) is 42.8 Å². The van der Waals surface area contributed by atoms with Crippen LogP contribution in [0.3, 0.4) is 0 Å². The Hall–Kier alpha value is -0.600. The molecule has 2 heteroatoms. The third-order valence-electron chi connectivity index (χ3n) is 3.51. The van der Waals surface area contributed by atoms with Gasteiger partial charge in [0.2, 0.25) is 0 Å². The highest BCUT2D eigenvalue weighted by molar-refractivity contribution is 7.11. The Morgan fingerprint density at radius 3 is 3.12 bits per heavy atom. The maximum absolute atomic E-state index is 3.58. The van der Waals surface area contributed by atoms with E-state index in [0.717, 1.165) is 5.92 Å². The highest BCUT2D eigenvalue weighted by Gasteiger charge is 2.17. The molecule has 1 aromatic heterocycles. The van der Waals surface area contributed by atoms with Crippen LogP contribution in [-0.4, -0.2) is 12.6 Å². The van der Waals surface area contributed by atoms with E-state index < -0.39 is 0 Å². The second-order valence-corrected chi connectivity index (χ2v) is 5.63. The average molecular weight is 235 g/mol. The van der Waals surface area contributed by atoms with Crippen LogP contribution < -0.4 is 5.32 Å². The smallest absolute Gasteiger partial charge is 0.0296 e. The molecule has 2 unspecified atom stereocenters. The lowest BCUT2D eigenvalue weighted by atomic mass is 9.90. The Kier molecular flexibility index (Phi) is 4.19. The van der Waals surface area contributed by atoms with Crippen LogP contribution in [-0.2, 0) is 0 Å². The Bertz CT molecular complexity index is 353. The van der Waals surface area contributed by atoms with E-state index in [4.69, 9.17) is 0 Å². The fourth-order valence-corrected chi connectivity index (χ4v) is 3.14. The minimum atomic E-state index is 0.584. The van der Waals surface area contributed by atoms with Crippen LogP contribution in [0.1, 0.15) is 36.6 Å². The van der Waals surface area contributed by atoms with Gasteiger partial charge in [-0.05, 0) is 55.3 Å². The molecule has 0 saturated carbocycles. The van der Waals surface area contributed by atoms with Gasteiger partial charge in [-0.25, -0.2) is 0 Å². The zero-order valence-electron chi connectivity index (χ0n) is 10.2. The number of hydrogen-bond acceptors (Lipinski definition) is 2. The van der Waals surface area contributed by atoms with E-state index in [1.165, 1.54) is 36.2 Å². The van der Waals surface area contributed by atoms with E-state index in [1.54, 1.807) is 0 Å². The quantitative estimate of drug-likeness (QED) is 0.839. The summed E-state index contributed by atoms with van der Waals surface area (Å²) in [4.78, 5) is 1.40. The van der Waals surface area contributed by atoms with Crippen LogP contribution in [0.4, 0.5) is 0 Å². The molecule has 2 heterocycles. The van der Waals surface area contributed by atoms with Crippen LogP contribution in [0, 0.1) is 12.8 Å². The molecular weight excluding hydrogens is 214 g/mol. The highest BCUT2D eigenvalue weighted by Crippen LogP contribution is 2.22. The second-order valence-electron chi connectivity index (χ2n) is 4.69. The predicted octanol–water partition coefficient (Wildman–Crippen LogP) is 3.85. The lowest BCUT2D eigenvalue weighted by molar-refractivity contribution is 0.326. The SMILES string of the molecule is CCC1CCNC(/C=C/c2sccc2C)C1. The molecule has 1 N–H and O–H groups in total. The molecule has 1 aromatic rings. The minimum Gasteiger partial charge on any atom is -0.310 e. The summed E-state index contributed by atoms with van der Waals surface area (Å²) in [6, 6.07) is 2.77. The van der Waals surface area contributed by atoms with Crippen molar-refractivity contribution >= 4 is 17.4 Å². The summed E-state index contributed by atoms with van der Waals surface area (Å²) in [6.45, 7) is 5.66. The molecule has 0 bridgehead atoms. The van der Waals surface area contributed by atoms with Gasteiger partial charge in [0.15, 0.2) is 0 Å². The molecule has 1 nitrogen and oxygen atoms in total. The standard InChI is InChI=1S/C14H21NS/c1-3-12-6-8-15-13(10-12)4-5-14-11(2)7-9-16-14/h4-5,7,9,12-13,15H,3,6,8,10H2,1-2H3/b5-4+. The summed E-state index contributed by atoms with van der Waals surface area (Å²) >= 11 is 1.83. The van der Waals surface area contributed by atoms with Crippen molar-refractivity contribution in [2.24, 2.45) is 5.92 Å².